The first kappa shape index (κ1) is 15.0. The van der Waals surface area contributed by atoms with E-state index in [-0.39, 0.29) is 5.78 Å². The van der Waals surface area contributed by atoms with E-state index in [9.17, 15) is 4.79 Å². The lowest BCUT2D eigenvalue weighted by Gasteiger charge is -2.29. The second kappa shape index (κ2) is 6.84. The van der Waals surface area contributed by atoms with E-state index in [4.69, 9.17) is 4.74 Å². The van der Waals surface area contributed by atoms with Crippen LogP contribution in [0, 0.1) is 3.57 Å². The molecule has 1 fully saturated rings. The first-order chi connectivity index (χ1) is 9.16. The maximum atomic E-state index is 12.6. The number of ether oxygens (including phenoxy) is 1. The zero-order valence-electron chi connectivity index (χ0n) is 11.5. The Labute approximate surface area is 129 Å². The van der Waals surface area contributed by atoms with Gasteiger partial charge < -0.3 is 4.74 Å². The lowest BCUT2D eigenvalue weighted by atomic mass is 9.86. The molecular weight excluding hydrogens is 351 g/mol. The quantitative estimate of drug-likeness (QED) is 0.587. The van der Waals surface area contributed by atoms with Gasteiger partial charge in [-0.25, -0.2) is 0 Å². The Bertz CT molecular complexity index is 417. The smallest absolute Gasteiger partial charge is 0.168 e. The first-order valence-electron chi connectivity index (χ1n) is 6.99. The monoisotopic (exact) mass is 372 g/mol. The number of methoxy groups -OCH3 is 1. The topological polar surface area (TPSA) is 26.3 Å². The fourth-order valence-electron chi connectivity index (χ4n) is 2.85. The molecule has 0 bridgehead atoms. The Kier molecular flexibility index (Phi) is 5.39. The molecule has 0 amide bonds. The van der Waals surface area contributed by atoms with Crippen LogP contribution in [0.4, 0.5) is 0 Å². The standard InChI is InChI=1S/C16H21IO2/c1-19-16(10-4-2-3-5-11-16)15(18)12-13-6-8-14(17)9-7-13/h6-9H,2-5,10-12H2,1H3. The summed E-state index contributed by atoms with van der Waals surface area (Å²) in [6, 6.07) is 8.19. The summed E-state index contributed by atoms with van der Waals surface area (Å²) in [4.78, 5) is 12.6. The molecule has 0 aliphatic heterocycles. The number of hydrogen-bond donors (Lipinski definition) is 0. The minimum absolute atomic E-state index is 0.248. The summed E-state index contributed by atoms with van der Waals surface area (Å²) in [5.74, 6) is 0.248. The average Bonchev–Trinajstić information content (AvgIpc) is 2.67. The fourth-order valence-corrected chi connectivity index (χ4v) is 3.20. The largest absolute Gasteiger partial charge is 0.370 e. The highest BCUT2D eigenvalue weighted by molar-refractivity contribution is 14.1. The molecule has 3 heteroatoms. The molecule has 0 heterocycles. The van der Waals surface area contributed by atoms with Crippen molar-refractivity contribution >= 4 is 28.4 Å². The highest BCUT2D eigenvalue weighted by atomic mass is 127. The number of halogens is 1. The molecule has 0 radical (unpaired) electrons. The van der Waals surface area contributed by atoms with E-state index in [0.29, 0.717) is 6.42 Å². The highest BCUT2D eigenvalue weighted by Crippen LogP contribution is 2.31. The van der Waals surface area contributed by atoms with Crippen LogP contribution in [0.15, 0.2) is 24.3 Å². The third kappa shape index (κ3) is 3.78. The maximum Gasteiger partial charge on any atom is 0.168 e. The number of carbonyl (C=O) groups excluding carboxylic acids is 1. The minimum atomic E-state index is -0.528. The zero-order valence-corrected chi connectivity index (χ0v) is 13.6. The Morgan fingerprint density at radius 1 is 1.16 bits per heavy atom. The molecule has 19 heavy (non-hydrogen) atoms. The van der Waals surface area contributed by atoms with Crippen molar-refractivity contribution in [3.63, 3.8) is 0 Å². The van der Waals surface area contributed by atoms with E-state index >= 15 is 0 Å². The lowest BCUT2D eigenvalue weighted by Crippen LogP contribution is -2.41. The van der Waals surface area contributed by atoms with Crippen molar-refractivity contribution in [2.75, 3.05) is 7.11 Å². The number of ketones is 1. The number of benzene rings is 1. The average molecular weight is 372 g/mol. The predicted molar refractivity (Wildman–Crippen MR) is 85.3 cm³/mol. The van der Waals surface area contributed by atoms with Crippen LogP contribution in [-0.2, 0) is 16.0 Å². The molecule has 0 saturated heterocycles. The first-order valence-corrected chi connectivity index (χ1v) is 8.07. The number of hydrogen-bond acceptors (Lipinski definition) is 2. The second-order valence-corrected chi connectivity index (χ2v) is 6.58. The molecular formula is C16H21IO2. The van der Waals surface area contributed by atoms with E-state index < -0.39 is 5.60 Å². The zero-order chi connectivity index (χ0) is 13.7. The van der Waals surface area contributed by atoms with Gasteiger partial charge in [0.15, 0.2) is 5.78 Å². The van der Waals surface area contributed by atoms with E-state index in [2.05, 4.69) is 34.7 Å². The van der Waals surface area contributed by atoms with Gasteiger partial charge in [-0.15, -0.1) is 0 Å². The van der Waals surface area contributed by atoms with Crippen LogP contribution in [0.25, 0.3) is 0 Å². The van der Waals surface area contributed by atoms with Crippen LogP contribution in [0.5, 0.6) is 0 Å². The molecule has 1 saturated carbocycles. The van der Waals surface area contributed by atoms with Crippen LogP contribution < -0.4 is 0 Å². The summed E-state index contributed by atoms with van der Waals surface area (Å²) < 4.78 is 6.86. The summed E-state index contributed by atoms with van der Waals surface area (Å²) in [6.07, 6.45) is 6.91. The second-order valence-electron chi connectivity index (χ2n) is 5.34. The van der Waals surface area contributed by atoms with Crippen molar-refractivity contribution < 1.29 is 9.53 Å². The summed E-state index contributed by atoms with van der Waals surface area (Å²) in [6.45, 7) is 0. The van der Waals surface area contributed by atoms with Crippen molar-refractivity contribution in [1.82, 2.24) is 0 Å². The summed E-state index contributed by atoms with van der Waals surface area (Å²) in [5, 5.41) is 0. The van der Waals surface area contributed by atoms with Gasteiger partial charge in [-0.3, -0.25) is 4.79 Å². The van der Waals surface area contributed by atoms with Crippen LogP contribution in [0.1, 0.15) is 44.1 Å². The van der Waals surface area contributed by atoms with Gasteiger partial charge in [0.05, 0.1) is 0 Å². The van der Waals surface area contributed by atoms with Gasteiger partial charge in [-0.05, 0) is 53.1 Å². The molecule has 0 spiro atoms. The lowest BCUT2D eigenvalue weighted by molar-refractivity contribution is -0.142. The molecule has 0 aromatic heterocycles. The minimum Gasteiger partial charge on any atom is -0.370 e. The van der Waals surface area contributed by atoms with E-state index in [1.165, 1.54) is 16.4 Å². The van der Waals surface area contributed by atoms with Crippen LogP contribution in [0.3, 0.4) is 0 Å². The SMILES string of the molecule is COC1(C(=O)Cc2ccc(I)cc2)CCCCCC1. The van der Waals surface area contributed by atoms with Crippen LogP contribution >= 0.6 is 22.6 Å². The Morgan fingerprint density at radius 2 is 1.74 bits per heavy atom. The van der Waals surface area contributed by atoms with Gasteiger partial charge in [-0.2, -0.15) is 0 Å². The Morgan fingerprint density at radius 3 is 2.26 bits per heavy atom. The van der Waals surface area contributed by atoms with E-state index in [1.54, 1.807) is 7.11 Å². The molecule has 2 rings (SSSR count). The van der Waals surface area contributed by atoms with Crippen molar-refractivity contribution in [1.29, 1.82) is 0 Å². The molecule has 1 aliphatic carbocycles. The highest BCUT2D eigenvalue weighted by Gasteiger charge is 2.37. The molecule has 0 atom stereocenters. The van der Waals surface area contributed by atoms with Crippen molar-refractivity contribution in [3.05, 3.63) is 33.4 Å². The molecule has 0 unspecified atom stereocenters. The molecule has 1 aromatic rings. The van der Waals surface area contributed by atoms with Gasteiger partial charge >= 0.3 is 0 Å². The third-order valence-corrected chi connectivity index (χ3v) is 4.81. The predicted octanol–water partition coefficient (Wildman–Crippen LogP) is 4.14. The molecule has 0 N–H and O–H groups in total. The molecule has 1 aromatic carbocycles. The fraction of sp³-hybridized carbons (Fsp3) is 0.562. The molecule has 104 valence electrons. The van der Waals surface area contributed by atoms with Gasteiger partial charge in [-0.1, -0.05) is 37.8 Å². The van der Waals surface area contributed by atoms with Crippen molar-refractivity contribution in [2.45, 2.75) is 50.5 Å². The van der Waals surface area contributed by atoms with E-state index in [1.807, 2.05) is 12.1 Å². The van der Waals surface area contributed by atoms with Crippen molar-refractivity contribution in [3.8, 4) is 0 Å². The van der Waals surface area contributed by atoms with Gasteiger partial charge in [0, 0.05) is 17.1 Å². The van der Waals surface area contributed by atoms with Crippen LogP contribution in [0.2, 0.25) is 0 Å². The molecule has 2 nitrogen and oxygen atoms in total. The maximum absolute atomic E-state index is 12.6. The van der Waals surface area contributed by atoms with Gasteiger partial charge in [0.25, 0.3) is 0 Å². The van der Waals surface area contributed by atoms with Gasteiger partial charge in [0.1, 0.15) is 5.60 Å². The summed E-state index contributed by atoms with van der Waals surface area (Å²) in [5.41, 5.74) is 0.561. The Balaban J connectivity index is 2.09. The van der Waals surface area contributed by atoms with Crippen molar-refractivity contribution in [2.24, 2.45) is 0 Å². The number of Topliss-reactive ketones (excluding diaryl/α,β-unsaturated/α-hetero) is 1. The third-order valence-electron chi connectivity index (χ3n) is 4.09. The number of rotatable bonds is 4. The molecule has 1 aliphatic rings. The number of carbonyl (C=O) groups is 1. The normalized spacial score (nSPS) is 18.8. The summed E-state index contributed by atoms with van der Waals surface area (Å²) in [7, 11) is 1.69. The Hall–Kier alpha value is -0.420. The van der Waals surface area contributed by atoms with E-state index in [0.717, 1.165) is 31.2 Å². The van der Waals surface area contributed by atoms with Crippen LogP contribution in [-0.4, -0.2) is 18.5 Å². The van der Waals surface area contributed by atoms with Gasteiger partial charge in [0.2, 0.25) is 0 Å². The summed E-state index contributed by atoms with van der Waals surface area (Å²) >= 11 is 2.28.